The smallest absolute Gasteiger partial charge is 0.255 e. The SMILES string of the molecule is CCOCC(N)c1noc(C2CCC(C)O2)n1. The average molecular weight is 241 g/mol. The van der Waals surface area contributed by atoms with Gasteiger partial charge in [0.1, 0.15) is 6.10 Å². The first kappa shape index (κ1) is 12.5. The predicted molar refractivity (Wildman–Crippen MR) is 60.2 cm³/mol. The summed E-state index contributed by atoms with van der Waals surface area (Å²) in [4.78, 5) is 4.27. The van der Waals surface area contributed by atoms with Crippen LogP contribution >= 0.6 is 0 Å². The van der Waals surface area contributed by atoms with Crippen LogP contribution in [0.1, 0.15) is 50.6 Å². The Kier molecular flexibility index (Phi) is 4.09. The minimum Gasteiger partial charge on any atom is -0.380 e. The Morgan fingerprint density at radius 3 is 3.00 bits per heavy atom. The van der Waals surface area contributed by atoms with Crippen molar-refractivity contribution in [1.82, 2.24) is 10.1 Å². The van der Waals surface area contributed by atoms with Crippen molar-refractivity contribution in [2.45, 2.75) is 44.9 Å². The van der Waals surface area contributed by atoms with Crippen molar-refractivity contribution in [3.63, 3.8) is 0 Å². The fraction of sp³-hybridized carbons (Fsp3) is 0.818. The predicted octanol–water partition coefficient (Wildman–Crippen LogP) is 1.35. The molecule has 0 radical (unpaired) electrons. The third kappa shape index (κ3) is 3.02. The molecule has 2 heterocycles. The highest BCUT2D eigenvalue weighted by Crippen LogP contribution is 2.31. The molecule has 0 aromatic carbocycles. The second-order valence-electron chi connectivity index (χ2n) is 4.27. The highest BCUT2D eigenvalue weighted by Gasteiger charge is 2.28. The third-order valence-corrected chi connectivity index (χ3v) is 2.80. The van der Waals surface area contributed by atoms with Gasteiger partial charge in [0, 0.05) is 6.61 Å². The van der Waals surface area contributed by atoms with Crippen LogP contribution in [0.25, 0.3) is 0 Å². The standard InChI is InChI=1S/C11H19N3O3/c1-3-15-6-8(12)10-13-11(17-14-10)9-5-4-7(2)16-9/h7-9H,3-6,12H2,1-2H3. The third-order valence-electron chi connectivity index (χ3n) is 2.80. The molecule has 6 heteroatoms. The van der Waals surface area contributed by atoms with Crippen molar-refractivity contribution in [3.05, 3.63) is 11.7 Å². The lowest BCUT2D eigenvalue weighted by Gasteiger charge is -2.06. The molecule has 96 valence electrons. The van der Waals surface area contributed by atoms with Gasteiger partial charge in [-0.3, -0.25) is 0 Å². The Morgan fingerprint density at radius 1 is 1.53 bits per heavy atom. The molecule has 3 unspecified atom stereocenters. The molecule has 1 aliphatic rings. The number of nitrogens with two attached hydrogens (primary N) is 1. The van der Waals surface area contributed by atoms with Gasteiger partial charge in [-0.15, -0.1) is 0 Å². The van der Waals surface area contributed by atoms with Gasteiger partial charge in [0.25, 0.3) is 5.89 Å². The van der Waals surface area contributed by atoms with Crippen LogP contribution in [0.4, 0.5) is 0 Å². The van der Waals surface area contributed by atoms with E-state index < -0.39 is 0 Å². The van der Waals surface area contributed by atoms with E-state index in [4.69, 9.17) is 19.7 Å². The summed E-state index contributed by atoms with van der Waals surface area (Å²) in [5.74, 6) is 1.01. The van der Waals surface area contributed by atoms with Gasteiger partial charge in [-0.2, -0.15) is 4.98 Å². The Labute approximate surface area is 100 Å². The summed E-state index contributed by atoms with van der Waals surface area (Å²) in [6.07, 6.45) is 2.12. The van der Waals surface area contributed by atoms with Crippen molar-refractivity contribution in [3.8, 4) is 0 Å². The molecular weight excluding hydrogens is 222 g/mol. The molecule has 0 aliphatic carbocycles. The maximum Gasteiger partial charge on any atom is 0.255 e. The van der Waals surface area contributed by atoms with E-state index in [1.165, 1.54) is 0 Å². The van der Waals surface area contributed by atoms with Gasteiger partial charge in [0.15, 0.2) is 5.82 Å². The van der Waals surface area contributed by atoms with Crippen LogP contribution in [0.15, 0.2) is 4.52 Å². The molecule has 17 heavy (non-hydrogen) atoms. The van der Waals surface area contributed by atoms with Gasteiger partial charge in [-0.05, 0) is 26.7 Å². The molecule has 1 aromatic rings. The van der Waals surface area contributed by atoms with Crippen LogP contribution in [0.5, 0.6) is 0 Å². The van der Waals surface area contributed by atoms with E-state index in [2.05, 4.69) is 10.1 Å². The number of hydrogen-bond donors (Lipinski definition) is 1. The van der Waals surface area contributed by atoms with Crippen LogP contribution in [0.2, 0.25) is 0 Å². The fourth-order valence-electron chi connectivity index (χ4n) is 1.83. The molecule has 3 atom stereocenters. The fourth-order valence-corrected chi connectivity index (χ4v) is 1.83. The molecule has 1 aliphatic heterocycles. The van der Waals surface area contributed by atoms with E-state index in [-0.39, 0.29) is 18.2 Å². The van der Waals surface area contributed by atoms with Gasteiger partial charge in [-0.25, -0.2) is 0 Å². The van der Waals surface area contributed by atoms with Gasteiger partial charge >= 0.3 is 0 Å². The van der Waals surface area contributed by atoms with E-state index >= 15 is 0 Å². The summed E-state index contributed by atoms with van der Waals surface area (Å²) < 4.78 is 16.1. The Bertz CT molecular complexity index is 355. The summed E-state index contributed by atoms with van der Waals surface area (Å²) in [5.41, 5.74) is 5.87. The molecule has 2 N–H and O–H groups in total. The van der Waals surface area contributed by atoms with E-state index in [9.17, 15) is 0 Å². The zero-order chi connectivity index (χ0) is 12.3. The maximum absolute atomic E-state index is 5.87. The maximum atomic E-state index is 5.87. The summed E-state index contributed by atoms with van der Waals surface area (Å²) in [5, 5.41) is 3.87. The zero-order valence-electron chi connectivity index (χ0n) is 10.3. The van der Waals surface area contributed by atoms with Crippen LogP contribution in [-0.2, 0) is 9.47 Å². The van der Waals surface area contributed by atoms with Crippen molar-refractivity contribution < 1.29 is 14.0 Å². The lowest BCUT2D eigenvalue weighted by atomic mass is 10.2. The second kappa shape index (κ2) is 5.57. The minimum atomic E-state index is -0.341. The quantitative estimate of drug-likeness (QED) is 0.837. The first-order chi connectivity index (χ1) is 8.20. The molecule has 0 saturated carbocycles. The highest BCUT2D eigenvalue weighted by atomic mass is 16.5. The van der Waals surface area contributed by atoms with E-state index in [1.54, 1.807) is 0 Å². The minimum absolute atomic E-state index is 0.0782. The first-order valence-electron chi connectivity index (χ1n) is 6.03. The monoisotopic (exact) mass is 241 g/mol. The van der Waals surface area contributed by atoms with Gasteiger partial charge in [0.2, 0.25) is 0 Å². The van der Waals surface area contributed by atoms with Crippen molar-refractivity contribution in [2.75, 3.05) is 13.2 Å². The highest BCUT2D eigenvalue weighted by molar-refractivity contribution is 4.96. The molecule has 0 spiro atoms. The summed E-state index contributed by atoms with van der Waals surface area (Å²) in [6, 6.07) is -0.341. The van der Waals surface area contributed by atoms with E-state index in [0.29, 0.717) is 24.9 Å². The number of hydrogen-bond acceptors (Lipinski definition) is 6. The molecular formula is C11H19N3O3. The topological polar surface area (TPSA) is 83.4 Å². The van der Waals surface area contributed by atoms with Crippen molar-refractivity contribution >= 4 is 0 Å². The average Bonchev–Trinajstić information content (AvgIpc) is 2.93. The van der Waals surface area contributed by atoms with Crippen LogP contribution in [0.3, 0.4) is 0 Å². The first-order valence-corrected chi connectivity index (χ1v) is 6.03. The van der Waals surface area contributed by atoms with E-state index in [1.807, 2.05) is 13.8 Å². The molecule has 0 bridgehead atoms. The number of ether oxygens (including phenoxy) is 2. The van der Waals surface area contributed by atoms with Crippen LogP contribution in [0, 0.1) is 0 Å². The van der Waals surface area contributed by atoms with Crippen LogP contribution < -0.4 is 5.73 Å². The molecule has 1 saturated heterocycles. The Balaban J connectivity index is 1.95. The normalized spacial score (nSPS) is 26.3. The molecule has 1 aromatic heterocycles. The number of nitrogens with zero attached hydrogens (tertiary/aromatic N) is 2. The molecule has 2 rings (SSSR count). The molecule has 0 amide bonds. The van der Waals surface area contributed by atoms with Gasteiger partial charge in [0.05, 0.1) is 18.8 Å². The van der Waals surface area contributed by atoms with Gasteiger partial charge < -0.3 is 19.7 Å². The summed E-state index contributed by atoms with van der Waals surface area (Å²) in [7, 11) is 0. The Hall–Kier alpha value is -0.980. The van der Waals surface area contributed by atoms with Crippen molar-refractivity contribution in [1.29, 1.82) is 0 Å². The molecule has 6 nitrogen and oxygen atoms in total. The largest absolute Gasteiger partial charge is 0.380 e. The number of rotatable bonds is 5. The lowest BCUT2D eigenvalue weighted by molar-refractivity contribution is 0.0355. The summed E-state index contributed by atoms with van der Waals surface area (Å²) in [6.45, 7) is 4.99. The zero-order valence-corrected chi connectivity index (χ0v) is 10.3. The number of aromatic nitrogens is 2. The van der Waals surface area contributed by atoms with E-state index in [0.717, 1.165) is 12.8 Å². The van der Waals surface area contributed by atoms with Crippen molar-refractivity contribution in [2.24, 2.45) is 5.73 Å². The molecule has 1 fully saturated rings. The van der Waals surface area contributed by atoms with Crippen LogP contribution in [-0.4, -0.2) is 29.5 Å². The lowest BCUT2D eigenvalue weighted by Crippen LogP contribution is -2.18. The summed E-state index contributed by atoms with van der Waals surface area (Å²) >= 11 is 0. The van der Waals surface area contributed by atoms with Gasteiger partial charge in [-0.1, -0.05) is 5.16 Å². The second-order valence-corrected chi connectivity index (χ2v) is 4.27. The Morgan fingerprint density at radius 2 is 2.35 bits per heavy atom.